The molecule has 2 aromatic heterocycles. The summed E-state index contributed by atoms with van der Waals surface area (Å²) in [5, 5.41) is 9.96. The maximum atomic E-state index is 13.3. The molecule has 1 amide bonds. The number of fused-ring (bicyclic) bond motifs is 1. The van der Waals surface area contributed by atoms with Crippen LogP contribution in [-0.2, 0) is 16.4 Å². The van der Waals surface area contributed by atoms with Crippen LogP contribution in [0.1, 0.15) is 53.2 Å². The van der Waals surface area contributed by atoms with Crippen molar-refractivity contribution in [3.8, 4) is 10.8 Å². The Morgan fingerprint density at radius 2 is 1.94 bits per heavy atom. The minimum atomic E-state index is -3.22. The van der Waals surface area contributed by atoms with Crippen molar-refractivity contribution in [2.45, 2.75) is 37.8 Å². The van der Waals surface area contributed by atoms with Gasteiger partial charge in [-0.3, -0.25) is 4.79 Å². The zero-order valence-electron chi connectivity index (χ0n) is 17.3. The minimum Gasteiger partial charge on any atom is -0.327 e. The van der Waals surface area contributed by atoms with Crippen LogP contribution in [0.5, 0.6) is 0 Å². The SMILES string of the molecule is CS(=O)(=O)CC[C@H]1c2nnc(-c3nc(C4CC4)ns3)n2CCN1C(=O)c1ccc(Cl)cc1. The van der Waals surface area contributed by atoms with Crippen molar-refractivity contribution < 1.29 is 13.2 Å². The highest BCUT2D eigenvalue weighted by Crippen LogP contribution is 2.40. The highest BCUT2D eigenvalue weighted by molar-refractivity contribution is 7.90. The molecule has 0 radical (unpaired) electrons. The van der Waals surface area contributed by atoms with Gasteiger partial charge in [-0.25, -0.2) is 13.4 Å². The smallest absolute Gasteiger partial charge is 0.254 e. The van der Waals surface area contributed by atoms with Gasteiger partial charge in [-0.1, -0.05) is 11.6 Å². The monoisotopic (exact) mass is 492 g/mol. The van der Waals surface area contributed by atoms with Crippen LogP contribution >= 0.6 is 23.1 Å². The maximum absolute atomic E-state index is 13.3. The van der Waals surface area contributed by atoms with Crippen LogP contribution in [0.25, 0.3) is 10.8 Å². The summed E-state index contributed by atoms with van der Waals surface area (Å²) in [4.78, 5) is 19.6. The molecule has 168 valence electrons. The molecular formula is C20H21ClN6O3S2. The van der Waals surface area contributed by atoms with E-state index in [1.807, 2.05) is 4.57 Å². The molecule has 0 unspecified atom stereocenters. The van der Waals surface area contributed by atoms with Gasteiger partial charge in [0.2, 0.25) is 0 Å². The zero-order chi connectivity index (χ0) is 22.5. The number of nitrogens with zero attached hydrogens (tertiary/aromatic N) is 6. The Labute approximate surface area is 194 Å². The van der Waals surface area contributed by atoms with E-state index < -0.39 is 15.9 Å². The van der Waals surface area contributed by atoms with E-state index in [1.165, 1.54) is 17.8 Å². The molecular weight excluding hydrogens is 472 g/mol. The fourth-order valence-corrected chi connectivity index (χ4v) is 5.40. The van der Waals surface area contributed by atoms with E-state index in [9.17, 15) is 13.2 Å². The van der Waals surface area contributed by atoms with Gasteiger partial charge in [0.05, 0.1) is 11.8 Å². The van der Waals surface area contributed by atoms with Gasteiger partial charge < -0.3 is 9.47 Å². The number of amides is 1. The standard InChI is InChI=1S/C20H21ClN6O3S2/c1-32(29,30)11-8-15-17-23-24-18(19-22-16(25-31-19)12-2-3-12)27(17)10-9-26(15)20(28)13-4-6-14(21)7-5-13/h4-7,12,15H,2-3,8-11H2,1H3/t15-/m0/s1. The van der Waals surface area contributed by atoms with Gasteiger partial charge >= 0.3 is 0 Å². The Balaban J connectivity index is 1.48. The first-order valence-corrected chi connectivity index (χ1v) is 13.5. The van der Waals surface area contributed by atoms with Gasteiger partial charge in [0, 0.05) is 35.8 Å². The first-order valence-electron chi connectivity index (χ1n) is 10.3. The molecule has 0 saturated heterocycles. The zero-order valence-corrected chi connectivity index (χ0v) is 19.7. The fraction of sp³-hybridized carbons (Fsp3) is 0.450. The molecule has 1 atom stereocenters. The Kier molecular flexibility index (Phi) is 5.50. The Morgan fingerprint density at radius 3 is 2.62 bits per heavy atom. The van der Waals surface area contributed by atoms with Crippen molar-refractivity contribution in [2.24, 2.45) is 0 Å². The number of carbonyl (C=O) groups is 1. The van der Waals surface area contributed by atoms with Crippen molar-refractivity contribution in [1.82, 2.24) is 29.0 Å². The summed E-state index contributed by atoms with van der Waals surface area (Å²) in [6, 6.07) is 6.15. The highest BCUT2D eigenvalue weighted by atomic mass is 35.5. The average molecular weight is 493 g/mol. The van der Waals surface area contributed by atoms with Gasteiger partial charge in [-0.15, -0.1) is 10.2 Å². The van der Waals surface area contributed by atoms with Crippen molar-refractivity contribution in [3.05, 3.63) is 46.5 Å². The maximum Gasteiger partial charge on any atom is 0.254 e. The van der Waals surface area contributed by atoms with Crippen LogP contribution < -0.4 is 0 Å². The predicted octanol–water partition coefficient (Wildman–Crippen LogP) is 2.96. The number of sulfone groups is 1. The van der Waals surface area contributed by atoms with Crippen LogP contribution in [-0.4, -0.2) is 61.9 Å². The van der Waals surface area contributed by atoms with E-state index in [0.717, 1.165) is 18.7 Å². The predicted molar refractivity (Wildman–Crippen MR) is 120 cm³/mol. The molecule has 1 aromatic carbocycles. The molecule has 5 rings (SSSR count). The summed E-state index contributed by atoms with van der Waals surface area (Å²) in [6.45, 7) is 0.896. The van der Waals surface area contributed by atoms with E-state index in [-0.39, 0.29) is 18.1 Å². The summed E-state index contributed by atoms with van der Waals surface area (Å²) < 4.78 is 30.2. The van der Waals surface area contributed by atoms with E-state index in [2.05, 4.69) is 19.6 Å². The third-order valence-electron chi connectivity index (χ3n) is 5.71. The second kappa shape index (κ2) is 8.20. The lowest BCUT2D eigenvalue weighted by Gasteiger charge is -2.35. The largest absolute Gasteiger partial charge is 0.327 e. The lowest BCUT2D eigenvalue weighted by atomic mass is 10.1. The molecule has 3 heterocycles. The molecule has 1 aliphatic heterocycles. The number of hydrogen-bond donors (Lipinski definition) is 0. The molecule has 1 fully saturated rings. The molecule has 2 aliphatic rings. The van der Waals surface area contributed by atoms with E-state index in [1.54, 1.807) is 29.2 Å². The van der Waals surface area contributed by atoms with Crippen molar-refractivity contribution >= 4 is 38.9 Å². The molecule has 12 heteroatoms. The lowest BCUT2D eigenvalue weighted by Crippen LogP contribution is -2.43. The molecule has 1 aliphatic carbocycles. The van der Waals surface area contributed by atoms with E-state index in [0.29, 0.717) is 46.2 Å². The average Bonchev–Trinajstić information content (AvgIpc) is 3.33. The number of hydrogen-bond acceptors (Lipinski definition) is 8. The summed E-state index contributed by atoms with van der Waals surface area (Å²) in [5.41, 5.74) is 0.491. The van der Waals surface area contributed by atoms with Crippen LogP contribution in [0.15, 0.2) is 24.3 Å². The molecule has 1 saturated carbocycles. The van der Waals surface area contributed by atoms with Crippen LogP contribution in [0, 0.1) is 0 Å². The summed E-state index contributed by atoms with van der Waals surface area (Å²) in [6.07, 6.45) is 3.66. The first-order chi connectivity index (χ1) is 15.3. The van der Waals surface area contributed by atoms with E-state index in [4.69, 9.17) is 11.6 Å². The Morgan fingerprint density at radius 1 is 1.19 bits per heavy atom. The van der Waals surface area contributed by atoms with Gasteiger partial charge in [0.15, 0.2) is 16.7 Å². The molecule has 0 N–H and O–H groups in total. The van der Waals surface area contributed by atoms with Crippen molar-refractivity contribution in [1.29, 1.82) is 0 Å². The molecule has 3 aromatic rings. The molecule has 32 heavy (non-hydrogen) atoms. The number of aromatic nitrogens is 5. The van der Waals surface area contributed by atoms with Gasteiger partial charge in [0.1, 0.15) is 15.7 Å². The summed E-state index contributed by atoms with van der Waals surface area (Å²) in [5.74, 6) is 2.23. The van der Waals surface area contributed by atoms with Crippen LogP contribution in [0.3, 0.4) is 0 Å². The second-order valence-electron chi connectivity index (χ2n) is 8.21. The van der Waals surface area contributed by atoms with Gasteiger partial charge in [-0.05, 0) is 55.1 Å². The van der Waals surface area contributed by atoms with Crippen LogP contribution in [0.4, 0.5) is 0 Å². The van der Waals surface area contributed by atoms with Crippen LogP contribution in [0.2, 0.25) is 5.02 Å². The fourth-order valence-electron chi connectivity index (χ4n) is 3.89. The van der Waals surface area contributed by atoms with Crippen molar-refractivity contribution in [2.75, 3.05) is 18.6 Å². The number of rotatable bonds is 6. The third kappa shape index (κ3) is 4.28. The third-order valence-corrected chi connectivity index (χ3v) is 7.66. The minimum absolute atomic E-state index is 0.0606. The normalized spacial score (nSPS) is 18.6. The lowest BCUT2D eigenvalue weighted by molar-refractivity contribution is 0.0612. The quantitative estimate of drug-likeness (QED) is 0.520. The molecule has 0 spiro atoms. The summed E-state index contributed by atoms with van der Waals surface area (Å²) >= 11 is 7.26. The van der Waals surface area contributed by atoms with E-state index >= 15 is 0 Å². The summed E-state index contributed by atoms with van der Waals surface area (Å²) in [7, 11) is -3.22. The number of halogens is 1. The topological polar surface area (TPSA) is 111 Å². The van der Waals surface area contributed by atoms with Gasteiger partial charge in [0.25, 0.3) is 5.91 Å². The number of benzene rings is 1. The highest BCUT2D eigenvalue weighted by Gasteiger charge is 2.36. The van der Waals surface area contributed by atoms with Crippen molar-refractivity contribution in [3.63, 3.8) is 0 Å². The molecule has 9 nitrogen and oxygen atoms in total. The second-order valence-corrected chi connectivity index (χ2v) is 11.7. The first kappa shape index (κ1) is 21.5. The Hall–Kier alpha value is -2.37. The van der Waals surface area contributed by atoms with Gasteiger partial charge in [-0.2, -0.15) is 4.37 Å². The molecule has 0 bridgehead atoms. The Bertz CT molecular complexity index is 1270. The number of carbonyl (C=O) groups excluding carboxylic acids is 1.